The molecule has 4 rings (SSSR count). The van der Waals surface area contributed by atoms with E-state index in [1.54, 1.807) is 0 Å². The van der Waals surface area contributed by atoms with Crippen molar-refractivity contribution in [3.05, 3.63) is 84.1 Å². The Morgan fingerprint density at radius 3 is 2.32 bits per heavy atom. The fourth-order valence-corrected chi connectivity index (χ4v) is 3.14. The molecule has 2 heterocycles. The van der Waals surface area contributed by atoms with E-state index < -0.39 is 0 Å². The summed E-state index contributed by atoms with van der Waals surface area (Å²) in [6.07, 6.45) is 1.88. The summed E-state index contributed by atoms with van der Waals surface area (Å²) in [5, 5.41) is 0. The Morgan fingerprint density at radius 1 is 0.840 bits per heavy atom. The predicted molar refractivity (Wildman–Crippen MR) is 105 cm³/mol. The highest BCUT2D eigenvalue weighted by molar-refractivity contribution is 6.17. The number of aryl methyl sites for hydroxylation is 1. The first-order valence-corrected chi connectivity index (χ1v) is 8.76. The zero-order valence-corrected chi connectivity index (χ0v) is 14.7. The van der Waals surface area contributed by atoms with E-state index in [2.05, 4.69) is 53.5 Å². The number of hydrogen-bond acceptors (Lipinski definition) is 2. The smallest absolute Gasteiger partial charge is 0.0897 e. The monoisotopic (exact) mass is 344 g/mol. The van der Waals surface area contributed by atoms with Gasteiger partial charge in [-0.15, -0.1) is 11.6 Å². The molecule has 122 valence electrons. The van der Waals surface area contributed by atoms with Crippen molar-refractivity contribution >= 4 is 22.6 Å². The van der Waals surface area contributed by atoms with Crippen LogP contribution >= 0.6 is 11.6 Å². The Kier molecular flexibility index (Phi) is 4.21. The average Bonchev–Trinajstić information content (AvgIpc) is 2.67. The second kappa shape index (κ2) is 6.66. The Labute approximate surface area is 152 Å². The van der Waals surface area contributed by atoms with Gasteiger partial charge in [-0.2, -0.15) is 0 Å². The summed E-state index contributed by atoms with van der Waals surface area (Å²) in [6.45, 7) is 2.04. The lowest BCUT2D eigenvalue weighted by Crippen LogP contribution is -1.93. The maximum absolute atomic E-state index is 5.92. The second-order valence-electron chi connectivity index (χ2n) is 6.13. The Balaban J connectivity index is 1.98. The molecule has 0 aliphatic carbocycles. The summed E-state index contributed by atoms with van der Waals surface area (Å²) >= 11 is 5.92. The van der Waals surface area contributed by atoms with Crippen molar-refractivity contribution in [2.75, 3.05) is 0 Å². The van der Waals surface area contributed by atoms with Crippen LogP contribution in [0.15, 0.2) is 72.9 Å². The summed E-state index contributed by atoms with van der Waals surface area (Å²) in [5.41, 5.74) is 8.30. The largest absolute Gasteiger partial charge is 0.254 e. The highest BCUT2D eigenvalue weighted by Crippen LogP contribution is 2.33. The Bertz CT molecular complexity index is 1030. The number of rotatable bonds is 3. The van der Waals surface area contributed by atoms with Crippen molar-refractivity contribution in [2.24, 2.45) is 0 Å². The number of hydrogen-bond donors (Lipinski definition) is 0. The number of halogens is 1. The van der Waals surface area contributed by atoms with Gasteiger partial charge in [-0.1, -0.05) is 54.6 Å². The molecule has 0 saturated carbocycles. The van der Waals surface area contributed by atoms with Crippen LogP contribution in [0.2, 0.25) is 0 Å². The number of benzene rings is 2. The Morgan fingerprint density at radius 2 is 1.60 bits per heavy atom. The zero-order chi connectivity index (χ0) is 17.2. The third kappa shape index (κ3) is 3.13. The van der Waals surface area contributed by atoms with Crippen LogP contribution in [0.3, 0.4) is 0 Å². The van der Waals surface area contributed by atoms with Crippen LogP contribution in [0.25, 0.3) is 33.4 Å². The summed E-state index contributed by atoms with van der Waals surface area (Å²) in [5.74, 6) is 0.514. The highest BCUT2D eigenvalue weighted by Gasteiger charge is 2.12. The summed E-state index contributed by atoms with van der Waals surface area (Å²) in [6, 6.07) is 22.8. The molecule has 0 amide bonds. The molecule has 25 heavy (non-hydrogen) atoms. The van der Waals surface area contributed by atoms with E-state index in [0.29, 0.717) is 5.88 Å². The van der Waals surface area contributed by atoms with E-state index in [1.807, 2.05) is 31.3 Å². The highest BCUT2D eigenvalue weighted by atomic mass is 35.5. The third-order valence-electron chi connectivity index (χ3n) is 4.27. The van der Waals surface area contributed by atoms with Gasteiger partial charge in [-0.25, -0.2) is 4.98 Å². The van der Waals surface area contributed by atoms with Gasteiger partial charge in [0, 0.05) is 23.2 Å². The lowest BCUT2D eigenvalue weighted by Gasteiger charge is -2.12. The number of pyridine rings is 2. The van der Waals surface area contributed by atoms with Crippen LogP contribution in [-0.2, 0) is 5.88 Å². The molecule has 0 bridgehead atoms. The summed E-state index contributed by atoms with van der Waals surface area (Å²) in [7, 11) is 0. The van der Waals surface area contributed by atoms with Crippen molar-refractivity contribution in [1.82, 2.24) is 9.97 Å². The molecule has 2 nitrogen and oxygen atoms in total. The minimum atomic E-state index is 0.514. The maximum Gasteiger partial charge on any atom is 0.0897 e. The van der Waals surface area contributed by atoms with Gasteiger partial charge in [-0.3, -0.25) is 4.98 Å². The van der Waals surface area contributed by atoms with Gasteiger partial charge in [0.05, 0.1) is 16.7 Å². The molecule has 0 radical (unpaired) electrons. The maximum atomic E-state index is 5.92. The van der Waals surface area contributed by atoms with Crippen molar-refractivity contribution in [3.8, 4) is 22.4 Å². The van der Waals surface area contributed by atoms with Crippen molar-refractivity contribution in [2.45, 2.75) is 12.8 Å². The number of alkyl halides is 1. The van der Waals surface area contributed by atoms with Gasteiger partial charge in [0.25, 0.3) is 0 Å². The first kappa shape index (κ1) is 15.8. The molecule has 0 aliphatic heterocycles. The molecule has 2 aromatic heterocycles. The van der Waals surface area contributed by atoms with E-state index >= 15 is 0 Å². The molecule has 0 spiro atoms. The van der Waals surface area contributed by atoms with Crippen molar-refractivity contribution in [3.63, 3.8) is 0 Å². The molecule has 0 fully saturated rings. The molecule has 0 N–H and O–H groups in total. The van der Waals surface area contributed by atoms with E-state index in [-0.39, 0.29) is 0 Å². The minimum absolute atomic E-state index is 0.514. The average molecular weight is 345 g/mol. The van der Waals surface area contributed by atoms with E-state index in [9.17, 15) is 0 Å². The lowest BCUT2D eigenvalue weighted by molar-refractivity contribution is 1.29. The zero-order valence-electron chi connectivity index (χ0n) is 13.9. The van der Waals surface area contributed by atoms with Gasteiger partial charge >= 0.3 is 0 Å². The third-order valence-corrected chi connectivity index (χ3v) is 4.58. The van der Waals surface area contributed by atoms with Crippen molar-refractivity contribution in [1.29, 1.82) is 0 Å². The molecule has 0 aliphatic rings. The quantitative estimate of drug-likeness (QED) is 0.425. The molecule has 3 heteroatoms. The Hall–Kier alpha value is -2.71. The van der Waals surface area contributed by atoms with Crippen LogP contribution < -0.4 is 0 Å². The minimum Gasteiger partial charge on any atom is -0.254 e. The van der Waals surface area contributed by atoms with Gasteiger partial charge < -0.3 is 0 Å². The first-order chi connectivity index (χ1) is 12.2. The fourth-order valence-electron chi connectivity index (χ4n) is 2.96. The van der Waals surface area contributed by atoms with Crippen molar-refractivity contribution < 1.29 is 0 Å². The number of nitrogens with zero attached hydrogens (tertiary/aromatic N) is 2. The number of fused-ring (bicyclic) bond motifs is 1. The molecule has 4 aromatic rings. The molecular weight excluding hydrogens is 328 g/mol. The molecule has 0 saturated heterocycles. The fraction of sp³-hybridized carbons (Fsp3) is 0.0909. The number of aromatic nitrogens is 2. The topological polar surface area (TPSA) is 25.8 Å². The standard InChI is InChI=1S/C22H17ClN2/c1-15-11-21-20(24-14-15)12-19(17-5-3-2-4-6-17)22(25-21)18-9-7-16(13-23)8-10-18/h2-12,14H,13H2,1H3. The van der Waals surface area contributed by atoms with E-state index in [0.717, 1.165) is 44.5 Å². The summed E-state index contributed by atoms with van der Waals surface area (Å²) < 4.78 is 0. The molecule has 2 aromatic carbocycles. The van der Waals surface area contributed by atoms with Gasteiger partial charge in [0.1, 0.15) is 0 Å². The van der Waals surface area contributed by atoms with E-state index in [4.69, 9.17) is 16.6 Å². The van der Waals surface area contributed by atoms with Gasteiger partial charge in [0.2, 0.25) is 0 Å². The normalized spacial score (nSPS) is 11.0. The first-order valence-electron chi connectivity index (χ1n) is 8.23. The summed E-state index contributed by atoms with van der Waals surface area (Å²) in [4.78, 5) is 9.49. The van der Waals surface area contributed by atoms with Crippen LogP contribution in [0.1, 0.15) is 11.1 Å². The molecular formula is C22H17ClN2. The molecule has 0 atom stereocenters. The van der Waals surface area contributed by atoms with Crippen LogP contribution in [0.4, 0.5) is 0 Å². The SMILES string of the molecule is Cc1cnc2cc(-c3ccccc3)c(-c3ccc(CCl)cc3)nc2c1. The van der Waals surface area contributed by atoms with Crippen LogP contribution in [-0.4, -0.2) is 9.97 Å². The van der Waals surface area contributed by atoms with Crippen LogP contribution in [0.5, 0.6) is 0 Å². The van der Waals surface area contributed by atoms with Crippen LogP contribution in [0, 0.1) is 6.92 Å². The molecule has 0 unspecified atom stereocenters. The predicted octanol–water partition coefficient (Wildman–Crippen LogP) is 6.01. The van der Waals surface area contributed by atoms with E-state index in [1.165, 1.54) is 0 Å². The lowest BCUT2D eigenvalue weighted by atomic mass is 9.98. The second-order valence-corrected chi connectivity index (χ2v) is 6.40. The van der Waals surface area contributed by atoms with Gasteiger partial charge in [0.15, 0.2) is 0 Å². The van der Waals surface area contributed by atoms with Gasteiger partial charge in [-0.05, 0) is 35.7 Å².